The third-order valence-electron chi connectivity index (χ3n) is 4.57. The Labute approximate surface area is 169 Å². The van der Waals surface area contributed by atoms with Crippen molar-refractivity contribution in [1.82, 2.24) is 15.1 Å². The van der Waals surface area contributed by atoms with Crippen molar-refractivity contribution in [3.8, 4) is 17.0 Å². The number of nitrogens with two attached hydrogens (primary N) is 1. The smallest absolute Gasteiger partial charge is 0.260 e. The van der Waals surface area contributed by atoms with E-state index in [1.807, 2.05) is 36.4 Å². The highest BCUT2D eigenvalue weighted by molar-refractivity contribution is 5.92. The molecule has 29 heavy (non-hydrogen) atoms. The summed E-state index contributed by atoms with van der Waals surface area (Å²) in [5.74, 6) is -0.0956. The lowest BCUT2D eigenvalue weighted by molar-refractivity contribution is -0.132. The van der Waals surface area contributed by atoms with Crippen LogP contribution in [0.2, 0.25) is 0 Å². The van der Waals surface area contributed by atoms with Gasteiger partial charge in [-0.2, -0.15) is 5.10 Å². The van der Waals surface area contributed by atoms with E-state index in [1.54, 1.807) is 36.2 Å². The zero-order valence-corrected chi connectivity index (χ0v) is 16.3. The number of H-pyrrole nitrogens is 1. The van der Waals surface area contributed by atoms with E-state index < -0.39 is 5.91 Å². The highest BCUT2D eigenvalue weighted by Crippen LogP contribution is 2.17. The first-order valence-corrected chi connectivity index (χ1v) is 9.39. The van der Waals surface area contributed by atoms with E-state index in [-0.39, 0.29) is 12.5 Å². The molecule has 0 saturated heterocycles. The topological polar surface area (TPSA) is 101 Å². The standard InChI is InChI=1S/C22H24N4O3/c1-26(21(27)15-29-19-11-9-17(10-12-19)22(23)28)13-5-8-18-14-20(25-24-18)16-6-3-2-4-7-16/h2-4,6-7,9-12,14H,5,8,13,15H2,1H3,(H2,23,28)(H,24,25). The van der Waals surface area contributed by atoms with Gasteiger partial charge in [0.1, 0.15) is 5.75 Å². The van der Waals surface area contributed by atoms with E-state index in [0.29, 0.717) is 17.9 Å². The Morgan fingerprint density at radius 1 is 1.10 bits per heavy atom. The van der Waals surface area contributed by atoms with E-state index in [4.69, 9.17) is 10.5 Å². The van der Waals surface area contributed by atoms with Crippen LogP contribution in [0, 0.1) is 0 Å². The molecule has 2 aromatic carbocycles. The number of hydrogen-bond donors (Lipinski definition) is 2. The molecule has 7 heteroatoms. The van der Waals surface area contributed by atoms with E-state index in [9.17, 15) is 9.59 Å². The Morgan fingerprint density at radius 3 is 2.52 bits per heavy atom. The van der Waals surface area contributed by atoms with Crippen LogP contribution in [-0.4, -0.2) is 47.1 Å². The Bertz CT molecular complexity index is 952. The predicted octanol–water partition coefficient (Wildman–Crippen LogP) is 2.65. The van der Waals surface area contributed by atoms with Crippen LogP contribution in [0.15, 0.2) is 60.7 Å². The van der Waals surface area contributed by atoms with Gasteiger partial charge in [0.15, 0.2) is 6.61 Å². The number of aromatic nitrogens is 2. The van der Waals surface area contributed by atoms with E-state index >= 15 is 0 Å². The Morgan fingerprint density at radius 2 is 1.83 bits per heavy atom. The van der Waals surface area contributed by atoms with Crippen LogP contribution in [0.4, 0.5) is 0 Å². The largest absolute Gasteiger partial charge is 0.484 e. The minimum absolute atomic E-state index is 0.0609. The van der Waals surface area contributed by atoms with Crippen molar-refractivity contribution in [1.29, 1.82) is 0 Å². The molecule has 0 aliphatic carbocycles. The van der Waals surface area contributed by atoms with Gasteiger partial charge in [-0.15, -0.1) is 0 Å². The van der Waals surface area contributed by atoms with Gasteiger partial charge in [-0.1, -0.05) is 30.3 Å². The molecule has 3 aromatic rings. The second kappa shape index (κ2) is 9.54. The van der Waals surface area contributed by atoms with E-state index in [2.05, 4.69) is 10.2 Å². The second-order valence-corrected chi connectivity index (χ2v) is 6.74. The van der Waals surface area contributed by atoms with Crippen molar-refractivity contribution < 1.29 is 14.3 Å². The molecule has 0 radical (unpaired) electrons. The second-order valence-electron chi connectivity index (χ2n) is 6.74. The number of aryl methyl sites for hydroxylation is 1. The van der Waals surface area contributed by atoms with Crippen LogP contribution >= 0.6 is 0 Å². The summed E-state index contributed by atoms with van der Waals surface area (Å²) >= 11 is 0. The van der Waals surface area contributed by atoms with E-state index in [1.165, 1.54) is 0 Å². The number of primary amides is 1. The summed E-state index contributed by atoms with van der Waals surface area (Å²) in [6, 6.07) is 18.4. The predicted molar refractivity (Wildman–Crippen MR) is 110 cm³/mol. The lowest BCUT2D eigenvalue weighted by atomic mass is 10.1. The summed E-state index contributed by atoms with van der Waals surface area (Å²) in [6.45, 7) is 0.553. The molecule has 0 unspecified atom stereocenters. The molecule has 0 aliphatic rings. The first-order valence-electron chi connectivity index (χ1n) is 9.39. The maximum atomic E-state index is 12.2. The van der Waals surface area contributed by atoms with Crippen molar-refractivity contribution in [3.63, 3.8) is 0 Å². The number of hydrogen-bond acceptors (Lipinski definition) is 4. The average molecular weight is 392 g/mol. The normalized spacial score (nSPS) is 10.5. The molecule has 7 nitrogen and oxygen atoms in total. The fourth-order valence-electron chi connectivity index (χ4n) is 2.85. The number of likely N-dealkylation sites (N-methyl/N-ethyl adjacent to an activating group) is 1. The first-order chi connectivity index (χ1) is 14.0. The molecule has 0 aliphatic heterocycles. The molecule has 2 amide bonds. The fraction of sp³-hybridized carbons (Fsp3) is 0.227. The number of rotatable bonds is 9. The Balaban J connectivity index is 1.41. The van der Waals surface area contributed by atoms with Crippen molar-refractivity contribution in [2.24, 2.45) is 5.73 Å². The molecule has 0 atom stereocenters. The minimum Gasteiger partial charge on any atom is -0.484 e. The third-order valence-corrected chi connectivity index (χ3v) is 4.57. The highest BCUT2D eigenvalue weighted by atomic mass is 16.5. The monoisotopic (exact) mass is 392 g/mol. The lowest BCUT2D eigenvalue weighted by Crippen LogP contribution is -2.32. The molecule has 0 bridgehead atoms. The van der Waals surface area contributed by atoms with Crippen LogP contribution in [0.25, 0.3) is 11.3 Å². The number of nitrogens with one attached hydrogen (secondary N) is 1. The molecular formula is C22H24N4O3. The molecule has 3 N–H and O–H groups in total. The van der Waals surface area contributed by atoms with Crippen LogP contribution in [-0.2, 0) is 11.2 Å². The van der Waals surface area contributed by atoms with Crippen LogP contribution in [0.5, 0.6) is 5.75 Å². The van der Waals surface area contributed by atoms with Crippen LogP contribution < -0.4 is 10.5 Å². The maximum Gasteiger partial charge on any atom is 0.260 e. The quantitative estimate of drug-likeness (QED) is 0.584. The molecule has 0 saturated carbocycles. The lowest BCUT2D eigenvalue weighted by Gasteiger charge is -2.17. The summed E-state index contributed by atoms with van der Waals surface area (Å²) in [5, 5.41) is 7.40. The van der Waals surface area contributed by atoms with Crippen molar-refractivity contribution in [3.05, 3.63) is 71.9 Å². The molecule has 0 fully saturated rings. The summed E-state index contributed by atoms with van der Waals surface area (Å²) in [6.07, 6.45) is 1.61. The number of carbonyl (C=O) groups excluding carboxylic acids is 2. The van der Waals surface area contributed by atoms with Crippen molar-refractivity contribution in [2.75, 3.05) is 20.2 Å². The number of nitrogens with zero attached hydrogens (tertiary/aromatic N) is 2. The highest BCUT2D eigenvalue weighted by Gasteiger charge is 2.11. The fourth-order valence-corrected chi connectivity index (χ4v) is 2.85. The van der Waals surface area contributed by atoms with Gasteiger partial charge in [-0.25, -0.2) is 0 Å². The van der Waals surface area contributed by atoms with Gasteiger partial charge in [-0.05, 0) is 43.2 Å². The van der Waals surface area contributed by atoms with Gasteiger partial charge in [0.2, 0.25) is 5.91 Å². The molecule has 3 rings (SSSR count). The van der Waals surface area contributed by atoms with Gasteiger partial charge in [0.05, 0.1) is 5.69 Å². The minimum atomic E-state index is -0.500. The Kier molecular flexibility index (Phi) is 6.63. The number of aromatic amines is 1. The summed E-state index contributed by atoms with van der Waals surface area (Å²) in [4.78, 5) is 24.9. The third kappa shape index (κ3) is 5.68. The summed E-state index contributed by atoms with van der Waals surface area (Å²) in [7, 11) is 1.75. The Hall–Kier alpha value is -3.61. The molecule has 1 heterocycles. The summed E-state index contributed by atoms with van der Waals surface area (Å²) < 4.78 is 5.48. The molecular weight excluding hydrogens is 368 g/mol. The molecule has 1 aromatic heterocycles. The van der Waals surface area contributed by atoms with Crippen molar-refractivity contribution in [2.45, 2.75) is 12.8 Å². The average Bonchev–Trinajstić information content (AvgIpc) is 3.21. The first kappa shape index (κ1) is 20.1. The zero-order chi connectivity index (χ0) is 20.6. The van der Waals surface area contributed by atoms with Gasteiger partial charge in [0, 0.05) is 30.4 Å². The number of amides is 2. The summed E-state index contributed by atoms with van der Waals surface area (Å²) in [5.41, 5.74) is 8.62. The SMILES string of the molecule is CN(CCCc1cc(-c2ccccc2)n[nH]1)C(=O)COc1ccc(C(N)=O)cc1. The number of carbonyl (C=O) groups is 2. The maximum absolute atomic E-state index is 12.2. The number of benzene rings is 2. The van der Waals surface area contributed by atoms with Gasteiger partial charge < -0.3 is 15.4 Å². The van der Waals surface area contributed by atoms with E-state index in [0.717, 1.165) is 29.8 Å². The molecule has 150 valence electrons. The van der Waals surface area contributed by atoms with Gasteiger partial charge >= 0.3 is 0 Å². The zero-order valence-electron chi connectivity index (χ0n) is 16.3. The van der Waals surface area contributed by atoms with Crippen LogP contribution in [0.1, 0.15) is 22.5 Å². The van der Waals surface area contributed by atoms with Crippen molar-refractivity contribution >= 4 is 11.8 Å². The number of ether oxygens (including phenoxy) is 1. The van der Waals surface area contributed by atoms with Gasteiger partial charge in [0.25, 0.3) is 5.91 Å². The molecule has 0 spiro atoms. The van der Waals surface area contributed by atoms with Crippen LogP contribution in [0.3, 0.4) is 0 Å². The van der Waals surface area contributed by atoms with Gasteiger partial charge in [-0.3, -0.25) is 14.7 Å².